The number of rotatable bonds is 5. The van der Waals surface area contributed by atoms with E-state index in [-0.39, 0.29) is 11.7 Å². The molecule has 0 aliphatic carbocycles. The summed E-state index contributed by atoms with van der Waals surface area (Å²) in [5.41, 5.74) is 2.84. The van der Waals surface area contributed by atoms with Crippen LogP contribution in [-0.2, 0) is 11.3 Å². The molecule has 5 heteroatoms. The smallest absolute Gasteiger partial charge is 0.279 e. The molecule has 1 unspecified atom stereocenters. The highest BCUT2D eigenvalue weighted by atomic mass is 79.9. The second kappa shape index (κ2) is 7.51. The maximum Gasteiger partial charge on any atom is 0.279 e. The molecule has 0 heterocycles. The molecule has 22 heavy (non-hydrogen) atoms. The second-order valence-electron chi connectivity index (χ2n) is 5.44. The van der Waals surface area contributed by atoms with Gasteiger partial charge < -0.3 is 10.2 Å². The fraction of sp³-hybridized carbons (Fsp3) is 0.235. The summed E-state index contributed by atoms with van der Waals surface area (Å²) in [5.74, 6) is -0.283. The Hall–Kier alpha value is -1.72. The quantitative estimate of drug-likeness (QED) is 0.838. The summed E-state index contributed by atoms with van der Waals surface area (Å²) in [4.78, 5) is 13.1. The van der Waals surface area contributed by atoms with Gasteiger partial charge in [-0.15, -0.1) is 0 Å². The molecule has 0 saturated carbocycles. The van der Waals surface area contributed by atoms with Gasteiger partial charge in [-0.3, -0.25) is 4.79 Å². The van der Waals surface area contributed by atoms with E-state index >= 15 is 0 Å². The zero-order valence-corrected chi connectivity index (χ0v) is 14.2. The first-order chi connectivity index (χ1) is 10.4. The van der Waals surface area contributed by atoms with Crippen LogP contribution in [0, 0.1) is 12.7 Å². The van der Waals surface area contributed by atoms with E-state index in [1.54, 1.807) is 12.1 Å². The molecule has 2 aromatic carbocycles. The first kappa shape index (κ1) is 16.6. The lowest BCUT2D eigenvalue weighted by Gasteiger charge is -2.15. The molecule has 2 aromatic rings. The maximum atomic E-state index is 12.9. The van der Waals surface area contributed by atoms with Crippen LogP contribution >= 0.6 is 15.9 Å². The number of amides is 1. The predicted octanol–water partition coefficient (Wildman–Crippen LogP) is 2.55. The van der Waals surface area contributed by atoms with Gasteiger partial charge in [0.1, 0.15) is 12.4 Å². The van der Waals surface area contributed by atoms with Crippen LogP contribution in [0.5, 0.6) is 0 Å². The number of benzene rings is 2. The molecule has 1 amide bonds. The minimum Gasteiger partial charge on any atom is -0.326 e. The van der Waals surface area contributed by atoms with Crippen molar-refractivity contribution in [2.45, 2.75) is 13.5 Å². The molecule has 116 valence electrons. The number of carbonyl (C=O) groups is 1. The number of nitrogens with one attached hydrogen (secondary N) is 2. The first-order valence-corrected chi connectivity index (χ1v) is 7.85. The van der Waals surface area contributed by atoms with Crippen molar-refractivity contribution in [3.05, 3.63) is 63.9 Å². The van der Waals surface area contributed by atoms with Crippen molar-refractivity contribution >= 4 is 27.5 Å². The lowest BCUT2D eigenvalue weighted by molar-refractivity contribution is -0.885. The molecule has 0 spiro atoms. The normalized spacial score (nSPS) is 12.0. The van der Waals surface area contributed by atoms with E-state index in [2.05, 4.69) is 21.2 Å². The summed E-state index contributed by atoms with van der Waals surface area (Å²) in [5, 5.41) is 2.92. The number of hydrogen-bond donors (Lipinski definition) is 2. The number of likely N-dealkylation sites (N-methyl/N-ethyl adjacent to an activating group) is 1. The van der Waals surface area contributed by atoms with Crippen LogP contribution in [-0.4, -0.2) is 19.5 Å². The molecule has 2 N–H and O–H groups in total. The SMILES string of the molecule is Cc1cc(Br)ccc1NC(=O)C[NH+](C)Cc1ccc(F)cc1. The molecule has 1 atom stereocenters. The monoisotopic (exact) mass is 365 g/mol. The van der Waals surface area contributed by atoms with E-state index in [0.717, 1.165) is 26.2 Å². The topological polar surface area (TPSA) is 33.5 Å². The molecule has 2 rings (SSSR count). The van der Waals surface area contributed by atoms with Gasteiger partial charge in [0.2, 0.25) is 0 Å². The van der Waals surface area contributed by atoms with Crippen molar-refractivity contribution in [1.29, 1.82) is 0 Å². The Labute approximate surface area is 138 Å². The number of quaternary nitrogens is 1. The zero-order chi connectivity index (χ0) is 16.1. The lowest BCUT2D eigenvalue weighted by Crippen LogP contribution is -3.08. The van der Waals surface area contributed by atoms with Gasteiger partial charge >= 0.3 is 0 Å². The summed E-state index contributed by atoms with van der Waals surface area (Å²) in [6, 6.07) is 12.1. The number of halogens is 2. The fourth-order valence-electron chi connectivity index (χ4n) is 2.25. The zero-order valence-electron chi connectivity index (χ0n) is 12.6. The van der Waals surface area contributed by atoms with Crippen molar-refractivity contribution in [3.63, 3.8) is 0 Å². The Morgan fingerprint density at radius 2 is 1.91 bits per heavy atom. The standard InChI is InChI=1S/C17H18BrFN2O/c1-12-9-14(18)5-8-16(12)20-17(22)11-21(2)10-13-3-6-15(19)7-4-13/h3-9H,10-11H2,1-2H3,(H,20,22)/p+1. The van der Waals surface area contributed by atoms with Gasteiger partial charge in [0.05, 0.1) is 7.05 Å². The van der Waals surface area contributed by atoms with Crippen LogP contribution in [0.25, 0.3) is 0 Å². The Morgan fingerprint density at radius 3 is 2.55 bits per heavy atom. The number of carbonyl (C=O) groups excluding carboxylic acids is 1. The van der Waals surface area contributed by atoms with E-state index in [4.69, 9.17) is 0 Å². The summed E-state index contributed by atoms with van der Waals surface area (Å²) < 4.78 is 13.9. The average Bonchev–Trinajstić information content (AvgIpc) is 2.44. The first-order valence-electron chi connectivity index (χ1n) is 7.06. The molecule has 0 aliphatic heterocycles. The van der Waals surface area contributed by atoms with Gasteiger partial charge in [0, 0.05) is 15.7 Å². The lowest BCUT2D eigenvalue weighted by atomic mass is 10.2. The summed E-state index contributed by atoms with van der Waals surface area (Å²) in [6.07, 6.45) is 0. The van der Waals surface area contributed by atoms with Gasteiger partial charge in [0.15, 0.2) is 6.54 Å². The Kier molecular flexibility index (Phi) is 5.69. The van der Waals surface area contributed by atoms with Crippen LogP contribution in [0.1, 0.15) is 11.1 Å². The largest absolute Gasteiger partial charge is 0.326 e. The Bertz CT molecular complexity index is 658. The van der Waals surface area contributed by atoms with Crippen molar-refractivity contribution in [1.82, 2.24) is 0 Å². The number of anilines is 1. The van der Waals surface area contributed by atoms with Crippen molar-refractivity contribution in [3.8, 4) is 0 Å². The highest BCUT2D eigenvalue weighted by molar-refractivity contribution is 9.10. The van der Waals surface area contributed by atoms with E-state index < -0.39 is 0 Å². The van der Waals surface area contributed by atoms with Crippen molar-refractivity contribution in [2.75, 3.05) is 18.9 Å². The molecule has 0 saturated heterocycles. The van der Waals surface area contributed by atoms with E-state index in [1.165, 1.54) is 12.1 Å². The summed E-state index contributed by atoms with van der Waals surface area (Å²) >= 11 is 3.40. The van der Waals surface area contributed by atoms with Crippen LogP contribution < -0.4 is 10.2 Å². The minimum absolute atomic E-state index is 0.0370. The molecule has 3 nitrogen and oxygen atoms in total. The summed E-state index contributed by atoms with van der Waals surface area (Å²) in [7, 11) is 1.94. The van der Waals surface area contributed by atoms with Gasteiger partial charge in [-0.1, -0.05) is 28.1 Å². The number of aryl methyl sites for hydroxylation is 1. The molecule has 0 radical (unpaired) electrons. The van der Waals surface area contributed by atoms with E-state index in [0.29, 0.717) is 13.1 Å². The van der Waals surface area contributed by atoms with Gasteiger partial charge in [-0.25, -0.2) is 4.39 Å². The molecule has 0 bridgehead atoms. The van der Waals surface area contributed by atoms with Gasteiger partial charge in [-0.2, -0.15) is 0 Å². The highest BCUT2D eigenvalue weighted by Crippen LogP contribution is 2.19. The Balaban J connectivity index is 1.89. The molecular formula is C17H19BrFN2O+. The fourth-order valence-corrected chi connectivity index (χ4v) is 2.72. The minimum atomic E-state index is -0.246. The van der Waals surface area contributed by atoms with Gasteiger partial charge in [-0.05, 0) is 42.8 Å². The predicted molar refractivity (Wildman–Crippen MR) is 89.4 cm³/mol. The van der Waals surface area contributed by atoms with Crippen LogP contribution in [0.15, 0.2) is 46.9 Å². The third kappa shape index (κ3) is 4.93. The molecule has 0 fully saturated rings. The van der Waals surface area contributed by atoms with Crippen LogP contribution in [0.4, 0.5) is 10.1 Å². The van der Waals surface area contributed by atoms with Gasteiger partial charge in [0.25, 0.3) is 5.91 Å². The molecule has 0 aromatic heterocycles. The van der Waals surface area contributed by atoms with E-state index in [9.17, 15) is 9.18 Å². The van der Waals surface area contributed by atoms with Crippen LogP contribution in [0.3, 0.4) is 0 Å². The molecular weight excluding hydrogens is 347 g/mol. The Morgan fingerprint density at radius 1 is 1.23 bits per heavy atom. The third-order valence-corrected chi connectivity index (χ3v) is 3.84. The van der Waals surface area contributed by atoms with Crippen molar-refractivity contribution in [2.24, 2.45) is 0 Å². The summed E-state index contributed by atoms with van der Waals surface area (Å²) in [6.45, 7) is 2.98. The van der Waals surface area contributed by atoms with Crippen LogP contribution in [0.2, 0.25) is 0 Å². The maximum absolute atomic E-state index is 12.9. The number of hydrogen-bond acceptors (Lipinski definition) is 1. The average molecular weight is 366 g/mol. The second-order valence-corrected chi connectivity index (χ2v) is 6.36. The molecule has 0 aliphatic rings. The van der Waals surface area contributed by atoms with Crippen molar-refractivity contribution < 1.29 is 14.1 Å². The highest BCUT2D eigenvalue weighted by Gasteiger charge is 2.12. The third-order valence-electron chi connectivity index (χ3n) is 3.34. The van der Waals surface area contributed by atoms with E-state index in [1.807, 2.05) is 32.2 Å².